The number of rotatable bonds is 5. The van der Waals surface area contributed by atoms with Crippen LogP contribution in [0, 0.1) is 6.92 Å². The number of hydrogen-bond donors (Lipinski definition) is 2. The molecule has 3 aromatic heterocycles. The Morgan fingerprint density at radius 2 is 2.16 bits per heavy atom. The molecule has 0 radical (unpaired) electrons. The smallest absolute Gasteiger partial charge is 0.251 e. The maximum Gasteiger partial charge on any atom is 0.251 e. The van der Waals surface area contributed by atoms with Crippen LogP contribution in [0.4, 0.5) is 10.2 Å². The van der Waals surface area contributed by atoms with E-state index in [0.717, 1.165) is 4.88 Å². The molecule has 0 saturated carbocycles. The van der Waals surface area contributed by atoms with E-state index in [1.165, 1.54) is 22.4 Å². The van der Waals surface area contributed by atoms with E-state index in [-0.39, 0.29) is 19.5 Å². The van der Waals surface area contributed by atoms with Crippen molar-refractivity contribution >= 4 is 61.0 Å². The first-order valence-electron chi connectivity index (χ1n) is 9.49. The van der Waals surface area contributed by atoms with Gasteiger partial charge in [0.15, 0.2) is 0 Å². The lowest BCUT2D eigenvalue weighted by atomic mass is 10.2. The van der Waals surface area contributed by atoms with Crippen molar-refractivity contribution in [2.75, 3.05) is 11.9 Å². The summed E-state index contributed by atoms with van der Waals surface area (Å²) >= 11 is 4.64. The molecule has 31 heavy (non-hydrogen) atoms. The molecule has 3 N–H and O–H groups in total. The standard InChI is InChI=1S/C20H19BrFN5O3S/c1-10-5-13-18(31-10)12(19(23)29)8-26(13)9-17(28)27-7-11(22)6-14(27)20(30)25-16-4-2-3-15(21)24-16/h2-5,8,11,14H,6-7,9H2,1H3,(H2,23,29)(H,24,25,30)/t11-,14+/m1/s1. The Morgan fingerprint density at radius 1 is 1.39 bits per heavy atom. The number of nitrogens with zero attached hydrogens (tertiary/aromatic N) is 3. The Kier molecular flexibility index (Phi) is 5.80. The molecule has 2 atom stereocenters. The third-order valence-corrected chi connectivity index (χ3v) is 6.60. The first-order chi connectivity index (χ1) is 14.7. The number of likely N-dealkylation sites (tertiary alicyclic amines) is 1. The molecule has 11 heteroatoms. The number of anilines is 1. The summed E-state index contributed by atoms with van der Waals surface area (Å²) in [5.41, 5.74) is 6.51. The molecule has 0 aromatic carbocycles. The fraction of sp³-hybridized carbons (Fsp3) is 0.300. The molecule has 3 aromatic rings. The van der Waals surface area contributed by atoms with Gasteiger partial charge in [0.1, 0.15) is 29.2 Å². The van der Waals surface area contributed by atoms with E-state index in [4.69, 9.17) is 5.73 Å². The van der Waals surface area contributed by atoms with Crippen LogP contribution in [0.3, 0.4) is 0 Å². The number of halogens is 2. The summed E-state index contributed by atoms with van der Waals surface area (Å²) in [7, 11) is 0. The summed E-state index contributed by atoms with van der Waals surface area (Å²) in [6, 6.07) is 5.94. The minimum Gasteiger partial charge on any atom is -0.366 e. The number of aryl methyl sites for hydroxylation is 1. The minimum absolute atomic E-state index is 0.0865. The van der Waals surface area contributed by atoms with Gasteiger partial charge >= 0.3 is 0 Å². The molecule has 1 aliphatic heterocycles. The lowest BCUT2D eigenvalue weighted by Crippen LogP contribution is -2.44. The SMILES string of the molecule is Cc1cc2c(s1)c(C(N)=O)cn2CC(=O)N1C[C@H](F)C[C@H]1C(=O)Nc1cccc(Br)n1. The van der Waals surface area contributed by atoms with E-state index in [0.29, 0.717) is 26.2 Å². The van der Waals surface area contributed by atoms with E-state index >= 15 is 0 Å². The Hall–Kier alpha value is -2.79. The largest absolute Gasteiger partial charge is 0.366 e. The Labute approximate surface area is 189 Å². The predicted molar refractivity (Wildman–Crippen MR) is 119 cm³/mol. The van der Waals surface area contributed by atoms with Gasteiger partial charge in [0.25, 0.3) is 5.91 Å². The van der Waals surface area contributed by atoms with Gasteiger partial charge in [-0.1, -0.05) is 6.07 Å². The van der Waals surface area contributed by atoms with Crippen molar-refractivity contribution in [3.05, 3.63) is 45.5 Å². The van der Waals surface area contributed by atoms with Crippen LogP contribution in [0.15, 0.2) is 35.1 Å². The van der Waals surface area contributed by atoms with E-state index in [1.807, 2.05) is 13.0 Å². The van der Waals surface area contributed by atoms with Gasteiger partial charge < -0.3 is 20.5 Å². The van der Waals surface area contributed by atoms with E-state index in [1.54, 1.807) is 22.8 Å². The Morgan fingerprint density at radius 3 is 2.87 bits per heavy atom. The van der Waals surface area contributed by atoms with Crippen molar-refractivity contribution in [3.8, 4) is 0 Å². The number of nitrogens with two attached hydrogens (primary N) is 1. The third kappa shape index (κ3) is 4.33. The molecule has 0 spiro atoms. The van der Waals surface area contributed by atoms with Crippen LogP contribution >= 0.6 is 27.3 Å². The van der Waals surface area contributed by atoms with Gasteiger partial charge in [-0.05, 0) is 41.1 Å². The van der Waals surface area contributed by atoms with Crippen LogP contribution < -0.4 is 11.1 Å². The van der Waals surface area contributed by atoms with Gasteiger partial charge in [0.05, 0.1) is 22.3 Å². The third-order valence-electron chi connectivity index (χ3n) is 5.09. The van der Waals surface area contributed by atoms with Crippen molar-refractivity contribution in [3.63, 3.8) is 0 Å². The molecular weight excluding hydrogens is 489 g/mol. The highest BCUT2D eigenvalue weighted by molar-refractivity contribution is 9.10. The molecule has 8 nitrogen and oxygen atoms in total. The zero-order valence-corrected chi connectivity index (χ0v) is 18.9. The van der Waals surface area contributed by atoms with Gasteiger partial charge in [0.2, 0.25) is 11.8 Å². The summed E-state index contributed by atoms with van der Waals surface area (Å²) in [4.78, 5) is 43.9. The quantitative estimate of drug-likeness (QED) is 0.517. The number of pyridine rings is 1. The zero-order chi connectivity index (χ0) is 22.3. The highest BCUT2D eigenvalue weighted by Crippen LogP contribution is 2.31. The summed E-state index contributed by atoms with van der Waals surface area (Å²) < 4.78 is 17.1. The highest BCUT2D eigenvalue weighted by Gasteiger charge is 2.40. The van der Waals surface area contributed by atoms with Crippen LogP contribution in [0.25, 0.3) is 10.2 Å². The summed E-state index contributed by atoms with van der Waals surface area (Å²) in [5, 5.41) is 2.64. The molecule has 0 bridgehead atoms. The van der Waals surface area contributed by atoms with Gasteiger partial charge in [-0.2, -0.15) is 0 Å². The molecule has 1 fully saturated rings. The number of nitrogens with one attached hydrogen (secondary N) is 1. The summed E-state index contributed by atoms with van der Waals surface area (Å²) in [6.45, 7) is 1.59. The number of alkyl halides is 1. The van der Waals surface area contributed by atoms with Crippen LogP contribution in [-0.2, 0) is 16.1 Å². The second kappa shape index (κ2) is 8.39. The number of primary amides is 1. The number of carbonyl (C=O) groups excluding carboxylic acids is 3. The van der Waals surface area contributed by atoms with Crippen LogP contribution in [0.5, 0.6) is 0 Å². The number of hydrogen-bond acceptors (Lipinski definition) is 5. The van der Waals surface area contributed by atoms with Crippen molar-refractivity contribution in [1.29, 1.82) is 0 Å². The Balaban J connectivity index is 1.55. The summed E-state index contributed by atoms with van der Waals surface area (Å²) in [6.07, 6.45) is 0.144. The molecule has 4 rings (SSSR count). The van der Waals surface area contributed by atoms with Gasteiger partial charge in [-0.25, -0.2) is 9.37 Å². The van der Waals surface area contributed by atoms with E-state index < -0.39 is 29.9 Å². The van der Waals surface area contributed by atoms with Gasteiger partial charge in [-0.3, -0.25) is 14.4 Å². The normalized spacial score (nSPS) is 18.5. The molecule has 0 aliphatic carbocycles. The number of fused-ring (bicyclic) bond motifs is 1. The van der Waals surface area contributed by atoms with Gasteiger partial charge in [-0.15, -0.1) is 11.3 Å². The minimum atomic E-state index is -1.30. The van der Waals surface area contributed by atoms with Crippen molar-refractivity contribution in [2.45, 2.75) is 32.1 Å². The van der Waals surface area contributed by atoms with Crippen molar-refractivity contribution < 1.29 is 18.8 Å². The van der Waals surface area contributed by atoms with Crippen molar-refractivity contribution in [1.82, 2.24) is 14.5 Å². The monoisotopic (exact) mass is 507 g/mol. The molecule has 1 aliphatic rings. The lowest BCUT2D eigenvalue weighted by Gasteiger charge is -2.23. The number of amides is 3. The van der Waals surface area contributed by atoms with Crippen molar-refractivity contribution in [2.24, 2.45) is 5.73 Å². The van der Waals surface area contributed by atoms with Gasteiger partial charge in [0, 0.05) is 17.5 Å². The number of thiophene rings is 1. The highest BCUT2D eigenvalue weighted by atomic mass is 79.9. The average Bonchev–Trinajstić information content (AvgIpc) is 3.35. The molecular formula is C20H19BrFN5O3S. The number of carbonyl (C=O) groups is 3. The maximum absolute atomic E-state index is 14.2. The number of aromatic nitrogens is 2. The summed E-state index contributed by atoms with van der Waals surface area (Å²) in [5.74, 6) is -1.19. The first kappa shape index (κ1) is 21.4. The van der Waals surface area contributed by atoms with Crippen LogP contribution in [-0.4, -0.2) is 50.9 Å². The van der Waals surface area contributed by atoms with Crippen LogP contribution in [0.1, 0.15) is 21.7 Å². The fourth-order valence-electron chi connectivity index (χ4n) is 3.73. The molecule has 3 amide bonds. The molecule has 1 saturated heterocycles. The molecule has 0 unspecified atom stereocenters. The second-order valence-corrected chi connectivity index (χ2v) is 9.40. The average molecular weight is 508 g/mol. The first-order valence-corrected chi connectivity index (χ1v) is 11.1. The predicted octanol–water partition coefficient (Wildman–Crippen LogP) is 2.85. The van der Waals surface area contributed by atoms with E-state index in [2.05, 4.69) is 26.2 Å². The Bertz CT molecular complexity index is 1190. The fourth-order valence-corrected chi connectivity index (χ4v) is 5.11. The zero-order valence-electron chi connectivity index (χ0n) is 16.5. The molecule has 4 heterocycles. The second-order valence-electron chi connectivity index (χ2n) is 7.34. The maximum atomic E-state index is 14.2. The lowest BCUT2D eigenvalue weighted by molar-refractivity contribution is -0.137. The molecule has 162 valence electrons. The van der Waals surface area contributed by atoms with Crippen LogP contribution in [0.2, 0.25) is 0 Å². The topological polar surface area (TPSA) is 110 Å². The van der Waals surface area contributed by atoms with E-state index in [9.17, 15) is 18.8 Å².